The molecule has 0 aliphatic carbocycles. The monoisotopic (exact) mass is 419 g/mol. The fourth-order valence-corrected chi connectivity index (χ4v) is 3.86. The lowest BCUT2D eigenvalue weighted by Gasteiger charge is -2.25. The largest absolute Gasteiger partial charge is 0.477 e. The highest BCUT2D eigenvalue weighted by atomic mass is 16.5. The first kappa shape index (κ1) is 20.9. The minimum absolute atomic E-state index is 0.0564. The fourth-order valence-electron chi connectivity index (χ4n) is 3.86. The van der Waals surface area contributed by atoms with Crippen LogP contribution in [0.3, 0.4) is 0 Å². The molecular weight excluding hydrogens is 392 g/mol. The molecule has 2 N–H and O–H groups in total. The van der Waals surface area contributed by atoms with Gasteiger partial charge in [-0.2, -0.15) is 0 Å². The Hall–Kier alpha value is -3.38. The predicted octanol–water partition coefficient (Wildman–Crippen LogP) is 1.52. The summed E-state index contributed by atoms with van der Waals surface area (Å²) in [6.07, 6.45) is 3.08. The van der Waals surface area contributed by atoms with E-state index in [0.29, 0.717) is 18.8 Å². The number of hydrogen-bond acceptors (Lipinski definition) is 4. The van der Waals surface area contributed by atoms with Crippen LogP contribution in [0.4, 0.5) is 0 Å². The minimum Gasteiger partial charge on any atom is -0.477 e. The first-order valence-corrected chi connectivity index (χ1v) is 10.6. The summed E-state index contributed by atoms with van der Waals surface area (Å²) in [7, 11) is 0. The molecule has 0 radical (unpaired) electrons. The van der Waals surface area contributed by atoms with Gasteiger partial charge in [0.2, 0.25) is 11.2 Å². The van der Waals surface area contributed by atoms with Gasteiger partial charge in [-0.3, -0.25) is 9.59 Å². The molecule has 0 saturated carbocycles. The molecule has 6 heteroatoms. The predicted molar refractivity (Wildman–Crippen MR) is 117 cm³/mol. The van der Waals surface area contributed by atoms with Crippen molar-refractivity contribution >= 4 is 5.91 Å². The highest BCUT2D eigenvalue weighted by Crippen LogP contribution is 2.11. The SMILES string of the molecule is O=C(COc1coc(C[NH+]2CCc3ccccc3C2)cc1=O)NCCc1ccccc1. The molecule has 1 amide bonds. The standard InChI is InChI=1S/C25H26N2O4/c28-23-14-22(16-27-13-11-20-8-4-5-9-21(20)15-27)30-17-24(23)31-18-25(29)26-12-10-19-6-2-1-3-7-19/h1-9,14,17H,10-13,15-16,18H2,(H,26,29)/p+1. The van der Waals surface area contributed by atoms with Crippen LogP contribution in [0.1, 0.15) is 22.5 Å². The van der Waals surface area contributed by atoms with Crippen LogP contribution in [0, 0.1) is 0 Å². The molecule has 0 fully saturated rings. The molecule has 0 saturated heterocycles. The lowest BCUT2D eigenvalue weighted by molar-refractivity contribution is -0.930. The summed E-state index contributed by atoms with van der Waals surface area (Å²) in [5.41, 5.74) is 3.64. The number of benzene rings is 2. The zero-order chi connectivity index (χ0) is 21.5. The Bertz CT molecular complexity index is 1080. The highest BCUT2D eigenvalue weighted by molar-refractivity contribution is 5.77. The topological polar surface area (TPSA) is 73.0 Å². The first-order chi connectivity index (χ1) is 15.2. The van der Waals surface area contributed by atoms with Crippen molar-refractivity contribution in [1.82, 2.24) is 5.32 Å². The molecule has 1 atom stereocenters. The summed E-state index contributed by atoms with van der Waals surface area (Å²) in [4.78, 5) is 25.7. The third kappa shape index (κ3) is 5.83. The first-order valence-electron chi connectivity index (χ1n) is 10.6. The third-order valence-corrected chi connectivity index (χ3v) is 5.52. The van der Waals surface area contributed by atoms with Gasteiger partial charge in [-0.05, 0) is 17.5 Å². The molecule has 4 rings (SSSR count). The van der Waals surface area contributed by atoms with Crippen molar-refractivity contribution in [3.63, 3.8) is 0 Å². The Morgan fingerprint density at radius 1 is 1.06 bits per heavy atom. The van der Waals surface area contributed by atoms with Crippen LogP contribution in [0.5, 0.6) is 5.75 Å². The van der Waals surface area contributed by atoms with Crippen molar-refractivity contribution < 1.29 is 18.8 Å². The van der Waals surface area contributed by atoms with E-state index in [-0.39, 0.29) is 23.7 Å². The van der Waals surface area contributed by atoms with Gasteiger partial charge in [0.05, 0.1) is 6.54 Å². The van der Waals surface area contributed by atoms with Crippen LogP contribution >= 0.6 is 0 Å². The number of amides is 1. The average Bonchev–Trinajstić information content (AvgIpc) is 2.79. The maximum atomic E-state index is 12.4. The summed E-state index contributed by atoms with van der Waals surface area (Å²) in [5.74, 6) is 0.413. The number of fused-ring (bicyclic) bond motifs is 1. The van der Waals surface area contributed by atoms with Crippen LogP contribution in [-0.2, 0) is 30.7 Å². The number of carbonyl (C=O) groups is 1. The number of hydrogen-bond donors (Lipinski definition) is 2. The summed E-state index contributed by atoms with van der Waals surface area (Å²) in [6.45, 7) is 2.86. The molecular formula is C25H27N2O4+. The van der Waals surface area contributed by atoms with Gasteiger partial charge < -0.3 is 19.4 Å². The van der Waals surface area contributed by atoms with E-state index in [9.17, 15) is 9.59 Å². The van der Waals surface area contributed by atoms with E-state index in [4.69, 9.17) is 9.15 Å². The van der Waals surface area contributed by atoms with Crippen molar-refractivity contribution in [3.8, 4) is 5.75 Å². The molecule has 160 valence electrons. The Morgan fingerprint density at radius 2 is 1.84 bits per heavy atom. The Kier molecular flexibility index (Phi) is 6.79. The maximum Gasteiger partial charge on any atom is 0.257 e. The van der Waals surface area contributed by atoms with E-state index >= 15 is 0 Å². The Labute approximate surface area is 181 Å². The maximum absolute atomic E-state index is 12.4. The van der Waals surface area contributed by atoms with Crippen molar-refractivity contribution in [2.45, 2.75) is 25.9 Å². The lowest BCUT2D eigenvalue weighted by atomic mass is 10.00. The molecule has 1 aromatic heterocycles. The van der Waals surface area contributed by atoms with E-state index in [1.54, 1.807) is 0 Å². The Balaban J connectivity index is 1.24. The van der Waals surface area contributed by atoms with Gasteiger partial charge in [0.25, 0.3) is 5.91 Å². The Morgan fingerprint density at radius 3 is 2.65 bits per heavy atom. The smallest absolute Gasteiger partial charge is 0.257 e. The van der Waals surface area contributed by atoms with Crippen molar-refractivity contribution in [2.24, 2.45) is 0 Å². The number of rotatable bonds is 8. The fraction of sp³-hybridized carbons (Fsp3) is 0.280. The zero-order valence-electron chi connectivity index (χ0n) is 17.4. The zero-order valence-corrected chi connectivity index (χ0v) is 17.4. The molecule has 0 bridgehead atoms. The van der Waals surface area contributed by atoms with E-state index in [1.165, 1.54) is 28.4 Å². The average molecular weight is 420 g/mol. The van der Waals surface area contributed by atoms with E-state index in [0.717, 1.165) is 31.5 Å². The molecule has 6 nitrogen and oxygen atoms in total. The van der Waals surface area contributed by atoms with E-state index in [1.807, 2.05) is 30.3 Å². The molecule has 1 unspecified atom stereocenters. The number of ether oxygens (including phenoxy) is 1. The van der Waals surface area contributed by atoms with E-state index in [2.05, 4.69) is 29.6 Å². The van der Waals surface area contributed by atoms with Crippen LogP contribution in [0.15, 0.2) is 76.1 Å². The van der Waals surface area contributed by atoms with Crippen LogP contribution in [-0.4, -0.2) is 25.6 Å². The summed E-state index contributed by atoms with van der Waals surface area (Å²) in [6, 6.07) is 19.9. The number of carbonyl (C=O) groups excluding carboxylic acids is 1. The molecule has 2 aromatic carbocycles. The van der Waals surface area contributed by atoms with Crippen LogP contribution in [0.25, 0.3) is 0 Å². The van der Waals surface area contributed by atoms with Gasteiger partial charge in [-0.15, -0.1) is 0 Å². The van der Waals surface area contributed by atoms with Crippen molar-refractivity contribution in [1.29, 1.82) is 0 Å². The second-order valence-electron chi connectivity index (χ2n) is 7.82. The lowest BCUT2D eigenvalue weighted by Crippen LogP contribution is -3.10. The molecule has 1 aliphatic heterocycles. The quantitative estimate of drug-likeness (QED) is 0.581. The molecule has 1 aliphatic rings. The number of nitrogens with one attached hydrogen (secondary N) is 2. The van der Waals surface area contributed by atoms with Gasteiger partial charge in [-0.25, -0.2) is 0 Å². The van der Waals surface area contributed by atoms with Gasteiger partial charge >= 0.3 is 0 Å². The minimum atomic E-state index is -0.268. The molecule has 2 heterocycles. The van der Waals surface area contributed by atoms with Gasteiger partial charge in [0, 0.05) is 24.6 Å². The third-order valence-electron chi connectivity index (χ3n) is 5.52. The van der Waals surface area contributed by atoms with Crippen LogP contribution in [0.2, 0.25) is 0 Å². The normalized spacial score (nSPS) is 15.2. The highest BCUT2D eigenvalue weighted by Gasteiger charge is 2.20. The summed E-state index contributed by atoms with van der Waals surface area (Å²) >= 11 is 0. The van der Waals surface area contributed by atoms with Gasteiger partial charge in [0.1, 0.15) is 19.4 Å². The van der Waals surface area contributed by atoms with Gasteiger partial charge in [-0.1, -0.05) is 54.6 Å². The number of quaternary nitrogens is 1. The molecule has 0 spiro atoms. The van der Waals surface area contributed by atoms with Gasteiger partial charge in [0.15, 0.2) is 12.4 Å². The van der Waals surface area contributed by atoms with Crippen LogP contribution < -0.4 is 20.4 Å². The summed E-state index contributed by atoms with van der Waals surface area (Å²) < 4.78 is 11.0. The van der Waals surface area contributed by atoms with Crippen molar-refractivity contribution in [2.75, 3.05) is 19.7 Å². The van der Waals surface area contributed by atoms with E-state index < -0.39 is 0 Å². The second kappa shape index (κ2) is 10.1. The molecule has 3 aromatic rings. The van der Waals surface area contributed by atoms with Crippen molar-refractivity contribution in [3.05, 3.63) is 99.6 Å². The molecule has 31 heavy (non-hydrogen) atoms. The second-order valence-corrected chi connectivity index (χ2v) is 7.82. The summed E-state index contributed by atoms with van der Waals surface area (Å²) in [5, 5.41) is 2.79.